The maximum absolute atomic E-state index is 14.0. The number of likely N-dealkylation sites (N-methyl/N-ethyl adjacent to an activating group) is 1. The van der Waals surface area contributed by atoms with Crippen molar-refractivity contribution in [3.05, 3.63) is 83.9 Å². The van der Waals surface area contributed by atoms with Crippen molar-refractivity contribution < 1.29 is 57.6 Å². The van der Waals surface area contributed by atoms with Crippen molar-refractivity contribution in [2.24, 2.45) is 39.9 Å². The highest BCUT2D eigenvalue weighted by Gasteiger charge is 2.95. The van der Waals surface area contributed by atoms with Crippen LogP contribution < -0.4 is 0 Å². The van der Waals surface area contributed by atoms with Crippen LogP contribution in [0.1, 0.15) is 54.8 Å². The van der Waals surface area contributed by atoms with Gasteiger partial charge in [-0.1, -0.05) is 48.6 Å². The second kappa shape index (κ2) is 12.3. The van der Waals surface area contributed by atoms with Gasteiger partial charge in [0.25, 0.3) is 0 Å². The van der Waals surface area contributed by atoms with E-state index in [2.05, 4.69) is 6.58 Å². The molecule has 3 unspecified atom stereocenters. The van der Waals surface area contributed by atoms with E-state index in [1.54, 1.807) is 74.6 Å². The van der Waals surface area contributed by atoms with Gasteiger partial charge < -0.3 is 33.6 Å². The van der Waals surface area contributed by atoms with E-state index < -0.39 is 118 Å². The molecule has 13 nitrogen and oxygen atoms in total. The fourth-order valence-corrected chi connectivity index (χ4v) is 12.7. The number of hydrogen-bond donors (Lipinski definition) is 1. The number of aliphatic hydroxyl groups excluding tert-OH is 1. The summed E-state index contributed by atoms with van der Waals surface area (Å²) in [6.45, 7) is 9.63. The van der Waals surface area contributed by atoms with E-state index >= 15 is 0 Å². The molecule has 0 amide bonds. The van der Waals surface area contributed by atoms with Gasteiger partial charge in [-0.05, 0) is 44.7 Å². The van der Waals surface area contributed by atoms with Crippen molar-refractivity contribution in [2.75, 3.05) is 7.05 Å². The number of hydrogen-bond acceptors (Lipinski definition) is 13. The molecule has 284 valence electrons. The lowest BCUT2D eigenvalue weighted by atomic mass is 9.37. The van der Waals surface area contributed by atoms with Crippen molar-refractivity contribution in [2.45, 2.75) is 82.8 Å². The van der Waals surface area contributed by atoms with Gasteiger partial charge in [0.15, 0.2) is 18.3 Å². The van der Waals surface area contributed by atoms with Crippen LogP contribution in [0.4, 0.5) is 0 Å². The number of ether oxygens (including phenoxy) is 5. The van der Waals surface area contributed by atoms with Gasteiger partial charge in [-0.3, -0.25) is 19.3 Å². The summed E-state index contributed by atoms with van der Waals surface area (Å²) >= 11 is 0. The molecule has 54 heavy (non-hydrogen) atoms. The average molecular weight is 742 g/mol. The molecule has 15 atom stereocenters. The Bertz CT molecular complexity index is 1950. The van der Waals surface area contributed by atoms with E-state index in [4.69, 9.17) is 23.7 Å². The number of carbonyl (C=O) groups excluding carboxylic acids is 6. The third kappa shape index (κ3) is 4.51. The summed E-state index contributed by atoms with van der Waals surface area (Å²) in [7, 11) is 1.80. The third-order valence-corrected chi connectivity index (χ3v) is 13.7. The van der Waals surface area contributed by atoms with Gasteiger partial charge >= 0.3 is 29.8 Å². The van der Waals surface area contributed by atoms with E-state index in [-0.39, 0.29) is 12.0 Å². The maximum atomic E-state index is 14.0. The third-order valence-electron chi connectivity index (χ3n) is 13.7. The van der Waals surface area contributed by atoms with E-state index in [9.17, 15) is 33.9 Å². The van der Waals surface area contributed by atoms with Crippen LogP contribution in [0.5, 0.6) is 0 Å². The molecule has 8 aliphatic rings. The SMILES string of the molecule is C=C1CC23[C@H](O)[C@H]4[C@H]5C6(C([C@H]2[C@H](OC(=O)c2ccccc2)[C@H]1[C@@H](OC(C)=O)[C@H]36)N4C)[C@H](OC(C)=O)[C@@H](OC(=O)c1ccccc1)[C@H](OC(C)=O)[C@@]5(C)C=O. The van der Waals surface area contributed by atoms with Crippen LogP contribution in [0.3, 0.4) is 0 Å². The fraction of sp³-hybridized carbons (Fsp3) is 0.512. The molecule has 8 fully saturated rings. The van der Waals surface area contributed by atoms with Gasteiger partial charge in [0.05, 0.1) is 28.6 Å². The number of esters is 5. The minimum atomic E-state index is -1.66. The summed E-state index contributed by atoms with van der Waals surface area (Å²) in [6, 6.07) is 15.1. The Morgan fingerprint density at radius 1 is 0.759 bits per heavy atom. The summed E-state index contributed by atoms with van der Waals surface area (Å²) in [5.74, 6) is -6.72. The molecule has 2 aromatic carbocycles. The van der Waals surface area contributed by atoms with E-state index in [1.807, 2.05) is 4.90 Å². The number of rotatable bonds is 8. The van der Waals surface area contributed by atoms with Crippen molar-refractivity contribution in [3.8, 4) is 0 Å². The second-order valence-corrected chi connectivity index (χ2v) is 16.1. The Morgan fingerprint density at radius 3 is 1.80 bits per heavy atom. The first kappa shape index (κ1) is 36.1. The lowest BCUT2D eigenvalue weighted by molar-refractivity contribution is -0.301. The van der Waals surface area contributed by atoms with E-state index in [0.717, 1.165) is 0 Å². The highest BCUT2D eigenvalue weighted by atomic mass is 16.6. The predicted molar refractivity (Wildman–Crippen MR) is 186 cm³/mol. The van der Waals surface area contributed by atoms with Gasteiger partial charge in [-0.15, -0.1) is 0 Å². The zero-order valence-corrected chi connectivity index (χ0v) is 30.6. The molecular formula is C41H43NO12. The lowest BCUT2D eigenvalue weighted by Gasteiger charge is -2.70. The van der Waals surface area contributed by atoms with E-state index in [1.165, 1.54) is 20.8 Å². The maximum Gasteiger partial charge on any atom is 0.338 e. The van der Waals surface area contributed by atoms with Crippen LogP contribution in [0.15, 0.2) is 72.8 Å². The molecule has 1 N–H and O–H groups in total. The minimum absolute atomic E-state index is 0.163. The number of aliphatic hydroxyl groups is 1. The van der Waals surface area contributed by atoms with Crippen LogP contribution in [0.2, 0.25) is 0 Å². The molecule has 2 aliphatic heterocycles. The van der Waals surface area contributed by atoms with Gasteiger partial charge in [0.2, 0.25) is 0 Å². The first-order chi connectivity index (χ1) is 25.7. The molecule has 10 rings (SSSR count). The van der Waals surface area contributed by atoms with Crippen LogP contribution >= 0.6 is 0 Å². The largest absolute Gasteiger partial charge is 0.461 e. The number of piperidine rings is 1. The van der Waals surface area contributed by atoms with Crippen molar-refractivity contribution in [3.63, 3.8) is 0 Å². The monoisotopic (exact) mass is 741 g/mol. The first-order valence-electron chi connectivity index (χ1n) is 18.2. The molecule has 2 aromatic rings. The smallest absolute Gasteiger partial charge is 0.338 e. The highest BCUT2D eigenvalue weighted by Crippen LogP contribution is 2.85. The normalized spacial score (nSPS) is 42.1. The molecule has 0 radical (unpaired) electrons. The summed E-state index contributed by atoms with van der Waals surface area (Å²) < 4.78 is 31.3. The predicted octanol–water partition coefficient (Wildman–Crippen LogP) is 2.93. The summed E-state index contributed by atoms with van der Waals surface area (Å²) in [6.07, 6.45) is -6.72. The standard InChI is InChI=1S/C41H43NO12/c1-19-17-40-26-28(53-37(48)23-13-9-7-10-14-23)25(19)29(50-20(2)44)32(40)41-31(27(34(40)47)42(6)33(26)41)39(5,18-43)35(51-21(3)45)30(36(41)52-22(4)46)54-38(49)24-15-11-8-12-16-24/h7-16,18,25-36,47H,1,17H2,2-6H3/t25-,26+,27+,28+,29+,30-,31+,32+,33?,34+,35-,36+,39-,40?,41?/m0/s1. The van der Waals surface area contributed by atoms with Crippen LogP contribution in [-0.2, 0) is 42.9 Å². The zero-order chi connectivity index (χ0) is 38.6. The minimum Gasteiger partial charge on any atom is -0.461 e. The molecule has 2 saturated heterocycles. The number of fused-ring (bicyclic) bond motifs is 1. The topological polar surface area (TPSA) is 172 Å². The van der Waals surface area contributed by atoms with Crippen LogP contribution in [0.25, 0.3) is 0 Å². The average Bonchev–Trinajstić information content (AvgIpc) is 3.46. The summed E-state index contributed by atoms with van der Waals surface area (Å²) in [5.41, 5.74) is -3.13. The Morgan fingerprint density at radius 2 is 1.28 bits per heavy atom. The molecular weight excluding hydrogens is 698 g/mol. The summed E-state index contributed by atoms with van der Waals surface area (Å²) in [4.78, 5) is 83.0. The Balaban J connectivity index is 1.39. The van der Waals surface area contributed by atoms with Crippen molar-refractivity contribution in [1.29, 1.82) is 0 Å². The second-order valence-electron chi connectivity index (χ2n) is 16.1. The fourth-order valence-electron chi connectivity index (χ4n) is 12.7. The van der Waals surface area contributed by atoms with Gasteiger partial charge in [0.1, 0.15) is 18.5 Å². The Kier molecular flexibility index (Phi) is 8.24. The molecule has 6 aliphatic carbocycles. The molecule has 2 spiro atoms. The highest BCUT2D eigenvalue weighted by molar-refractivity contribution is 5.90. The number of benzene rings is 2. The van der Waals surface area contributed by atoms with E-state index in [0.29, 0.717) is 17.4 Å². The van der Waals surface area contributed by atoms with Crippen LogP contribution in [0, 0.1) is 39.9 Å². The van der Waals surface area contributed by atoms with Crippen LogP contribution in [-0.4, -0.2) is 102 Å². The van der Waals surface area contributed by atoms with Gasteiger partial charge in [-0.25, -0.2) is 9.59 Å². The molecule has 0 aromatic heterocycles. The van der Waals surface area contributed by atoms with Gasteiger partial charge in [-0.2, -0.15) is 0 Å². The first-order valence-corrected chi connectivity index (χ1v) is 18.2. The van der Waals surface area contributed by atoms with Crippen molar-refractivity contribution >= 4 is 36.1 Å². The van der Waals surface area contributed by atoms with Crippen molar-refractivity contribution in [1.82, 2.24) is 4.90 Å². The lowest BCUT2D eigenvalue weighted by Crippen LogP contribution is -2.79. The Labute approximate surface area is 311 Å². The molecule has 6 saturated carbocycles. The zero-order valence-electron chi connectivity index (χ0n) is 30.6. The summed E-state index contributed by atoms with van der Waals surface area (Å²) in [5, 5.41) is 12.9. The quantitative estimate of drug-likeness (QED) is 0.181. The van der Waals surface area contributed by atoms with Gasteiger partial charge in [0, 0.05) is 61.4 Å². The number of carbonyl (C=O) groups is 6. The molecule has 13 heteroatoms. The molecule has 2 heterocycles. The number of aldehydes is 1. The Hall–Kier alpha value is -4.88. The molecule has 7 bridgehead atoms. The number of nitrogens with zero attached hydrogens (tertiary/aromatic N) is 1.